The van der Waals surface area contributed by atoms with Gasteiger partial charge in [-0.1, -0.05) is 36.6 Å². The van der Waals surface area contributed by atoms with Gasteiger partial charge >= 0.3 is 0 Å². The predicted molar refractivity (Wildman–Crippen MR) is 90.4 cm³/mol. The Morgan fingerprint density at radius 2 is 2.09 bits per heavy atom. The number of carbonyl (C=O) groups is 1. The van der Waals surface area contributed by atoms with Gasteiger partial charge in [-0.2, -0.15) is 0 Å². The fraction of sp³-hybridized carbons (Fsp3) is 0.444. The van der Waals surface area contributed by atoms with E-state index >= 15 is 0 Å². The summed E-state index contributed by atoms with van der Waals surface area (Å²) < 4.78 is 0. The summed E-state index contributed by atoms with van der Waals surface area (Å²) in [5.41, 5.74) is 1.97. The zero-order valence-electron chi connectivity index (χ0n) is 13.0. The van der Waals surface area contributed by atoms with Crippen molar-refractivity contribution in [1.82, 2.24) is 14.9 Å². The van der Waals surface area contributed by atoms with Gasteiger partial charge in [0.1, 0.15) is 5.82 Å². The SMILES string of the molecule is O=C1CC(c2ncc(-c3cccc(Cl)c3)[nH]2)CN1C1CCCC1. The fourth-order valence-electron chi connectivity index (χ4n) is 3.83. The Kier molecular flexibility index (Phi) is 3.85. The first-order chi connectivity index (χ1) is 11.2. The summed E-state index contributed by atoms with van der Waals surface area (Å²) in [6, 6.07) is 8.17. The number of hydrogen-bond donors (Lipinski definition) is 1. The van der Waals surface area contributed by atoms with E-state index in [1.54, 1.807) is 0 Å². The number of carbonyl (C=O) groups excluding carboxylic acids is 1. The zero-order chi connectivity index (χ0) is 15.8. The molecule has 4 nitrogen and oxygen atoms in total. The first-order valence-electron chi connectivity index (χ1n) is 8.31. The molecule has 0 radical (unpaired) electrons. The minimum atomic E-state index is 0.177. The van der Waals surface area contributed by atoms with Crippen LogP contribution < -0.4 is 0 Å². The van der Waals surface area contributed by atoms with Crippen molar-refractivity contribution in [1.29, 1.82) is 0 Å². The summed E-state index contributed by atoms with van der Waals surface area (Å²) in [6.07, 6.45) is 7.22. The molecule has 1 amide bonds. The standard InChI is InChI=1S/C18H20ClN3O/c19-14-5-3-4-12(8-14)16-10-20-18(21-16)13-9-17(23)22(11-13)15-6-1-2-7-15/h3-5,8,10,13,15H,1-2,6-7,9,11H2,(H,20,21). The number of H-pyrrole nitrogens is 1. The number of hydrogen-bond acceptors (Lipinski definition) is 2. The number of nitrogens with one attached hydrogen (secondary N) is 1. The number of rotatable bonds is 3. The second kappa shape index (κ2) is 6.00. The molecule has 2 heterocycles. The topological polar surface area (TPSA) is 49.0 Å². The number of halogens is 1. The second-order valence-corrected chi connectivity index (χ2v) is 7.01. The van der Waals surface area contributed by atoms with Gasteiger partial charge in [0.15, 0.2) is 0 Å². The van der Waals surface area contributed by atoms with Gasteiger partial charge in [0.2, 0.25) is 5.91 Å². The number of benzene rings is 1. The van der Waals surface area contributed by atoms with Gasteiger partial charge in [-0.05, 0) is 25.0 Å². The molecule has 1 saturated heterocycles. The van der Waals surface area contributed by atoms with Gasteiger partial charge in [-0.3, -0.25) is 4.79 Å². The highest BCUT2D eigenvalue weighted by molar-refractivity contribution is 6.30. The van der Waals surface area contributed by atoms with Gasteiger partial charge in [0.05, 0.1) is 11.9 Å². The summed E-state index contributed by atoms with van der Waals surface area (Å²) in [6.45, 7) is 0.798. The van der Waals surface area contributed by atoms with Gasteiger partial charge in [-0.15, -0.1) is 0 Å². The number of nitrogens with zero attached hydrogens (tertiary/aromatic N) is 2. The molecule has 1 N–H and O–H groups in total. The molecule has 0 spiro atoms. The largest absolute Gasteiger partial charge is 0.342 e. The maximum absolute atomic E-state index is 12.3. The van der Waals surface area contributed by atoms with E-state index in [9.17, 15) is 4.79 Å². The van der Waals surface area contributed by atoms with E-state index in [1.807, 2.05) is 30.5 Å². The molecule has 120 valence electrons. The Morgan fingerprint density at radius 3 is 2.87 bits per heavy atom. The molecule has 23 heavy (non-hydrogen) atoms. The minimum Gasteiger partial charge on any atom is -0.342 e. The zero-order valence-corrected chi connectivity index (χ0v) is 13.7. The van der Waals surface area contributed by atoms with E-state index in [0.29, 0.717) is 17.5 Å². The number of aromatic nitrogens is 2. The number of imidazole rings is 1. The normalized spacial score (nSPS) is 22.2. The Morgan fingerprint density at radius 1 is 1.26 bits per heavy atom. The highest BCUT2D eigenvalue weighted by Crippen LogP contribution is 2.33. The van der Waals surface area contributed by atoms with Crippen LogP contribution in [-0.4, -0.2) is 33.4 Å². The number of likely N-dealkylation sites (tertiary alicyclic amines) is 1. The lowest BCUT2D eigenvalue weighted by Gasteiger charge is -2.23. The average molecular weight is 330 g/mol. The number of amides is 1. The molecule has 2 aromatic rings. The van der Waals surface area contributed by atoms with E-state index in [2.05, 4.69) is 14.9 Å². The number of aromatic amines is 1. The average Bonchev–Trinajstić information content (AvgIpc) is 3.27. The van der Waals surface area contributed by atoms with E-state index < -0.39 is 0 Å². The van der Waals surface area contributed by atoms with E-state index in [1.165, 1.54) is 12.8 Å². The molecule has 4 rings (SSSR count). The molecule has 2 aliphatic rings. The Hall–Kier alpha value is -1.81. The summed E-state index contributed by atoms with van der Waals surface area (Å²) in [5.74, 6) is 1.37. The van der Waals surface area contributed by atoms with E-state index in [4.69, 9.17) is 11.6 Å². The third-order valence-corrected chi connectivity index (χ3v) is 5.28. The second-order valence-electron chi connectivity index (χ2n) is 6.58. The summed E-state index contributed by atoms with van der Waals surface area (Å²) in [5, 5.41) is 0.710. The van der Waals surface area contributed by atoms with Crippen LogP contribution in [0.25, 0.3) is 11.3 Å². The lowest BCUT2D eigenvalue weighted by atomic mass is 10.1. The van der Waals surface area contributed by atoms with Gasteiger partial charge in [-0.25, -0.2) is 4.98 Å². The fourth-order valence-corrected chi connectivity index (χ4v) is 4.02. The Labute approximate surface area is 140 Å². The van der Waals surface area contributed by atoms with Crippen LogP contribution in [0.1, 0.15) is 43.8 Å². The van der Waals surface area contributed by atoms with Gasteiger partial charge < -0.3 is 9.88 Å². The predicted octanol–water partition coefficient (Wildman–Crippen LogP) is 3.99. The molecule has 1 aliphatic heterocycles. The molecule has 1 aromatic heterocycles. The lowest BCUT2D eigenvalue weighted by Crippen LogP contribution is -2.34. The molecule has 1 aliphatic carbocycles. The molecule has 1 unspecified atom stereocenters. The van der Waals surface area contributed by atoms with Crippen LogP contribution in [0, 0.1) is 0 Å². The molecule has 1 atom stereocenters. The molecule has 5 heteroatoms. The van der Waals surface area contributed by atoms with E-state index in [0.717, 1.165) is 36.5 Å². The first kappa shape index (κ1) is 14.8. The highest BCUT2D eigenvalue weighted by atomic mass is 35.5. The van der Waals surface area contributed by atoms with Crippen LogP contribution in [0.3, 0.4) is 0 Å². The van der Waals surface area contributed by atoms with Crippen molar-refractivity contribution < 1.29 is 4.79 Å². The molecule has 0 bridgehead atoms. The summed E-state index contributed by atoms with van der Waals surface area (Å²) in [7, 11) is 0. The molecular weight excluding hydrogens is 310 g/mol. The minimum absolute atomic E-state index is 0.177. The van der Waals surface area contributed by atoms with Crippen LogP contribution in [0.5, 0.6) is 0 Å². The van der Waals surface area contributed by atoms with Crippen LogP contribution in [-0.2, 0) is 4.79 Å². The van der Waals surface area contributed by atoms with Crippen LogP contribution in [0.4, 0.5) is 0 Å². The van der Waals surface area contributed by atoms with Crippen molar-refractivity contribution in [2.75, 3.05) is 6.54 Å². The van der Waals surface area contributed by atoms with Crippen molar-refractivity contribution in [2.24, 2.45) is 0 Å². The lowest BCUT2D eigenvalue weighted by molar-refractivity contribution is -0.129. The van der Waals surface area contributed by atoms with Crippen LogP contribution >= 0.6 is 11.6 Å². The van der Waals surface area contributed by atoms with Crippen molar-refractivity contribution in [3.8, 4) is 11.3 Å². The first-order valence-corrected chi connectivity index (χ1v) is 8.69. The quantitative estimate of drug-likeness (QED) is 0.925. The Bertz CT molecular complexity index is 721. The van der Waals surface area contributed by atoms with Gasteiger partial charge in [0.25, 0.3) is 0 Å². The molecule has 2 fully saturated rings. The van der Waals surface area contributed by atoms with Crippen molar-refractivity contribution in [2.45, 2.75) is 44.1 Å². The monoisotopic (exact) mass is 329 g/mol. The third kappa shape index (κ3) is 2.88. The van der Waals surface area contributed by atoms with Crippen molar-refractivity contribution >= 4 is 17.5 Å². The van der Waals surface area contributed by atoms with Gasteiger partial charge in [0, 0.05) is 35.5 Å². The maximum atomic E-state index is 12.3. The smallest absolute Gasteiger partial charge is 0.223 e. The third-order valence-electron chi connectivity index (χ3n) is 5.04. The molecule has 1 aromatic carbocycles. The van der Waals surface area contributed by atoms with E-state index in [-0.39, 0.29) is 11.8 Å². The maximum Gasteiger partial charge on any atom is 0.223 e. The van der Waals surface area contributed by atoms with Crippen molar-refractivity contribution in [3.05, 3.63) is 41.3 Å². The summed E-state index contributed by atoms with van der Waals surface area (Å²) >= 11 is 6.05. The van der Waals surface area contributed by atoms with Crippen LogP contribution in [0.15, 0.2) is 30.5 Å². The Balaban J connectivity index is 1.52. The molecular formula is C18H20ClN3O. The molecule has 1 saturated carbocycles. The van der Waals surface area contributed by atoms with Crippen molar-refractivity contribution in [3.63, 3.8) is 0 Å². The van der Waals surface area contributed by atoms with Crippen LogP contribution in [0.2, 0.25) is 5.02 Å². The summed E-state index contributed by atoms with van der Waals surface area (Å²) in [4.78, 5) is 22.3. The highest BCUT2D eigenvalue weighted by Gasteiger charge is 2.37.